The molecule has 0 unspecified atom stereocenters. The van der Waals surface area contributed by atoms with Crippen LogP contribution in [-0.2, 0) is 9.59 Å². The van der Waals surface area contributed by atoms with Gasteiger partial charge < -0.3 is 10.0 Å². The lowest BCUT2D eigenvalue weighted by Crippen LogP contribution is -2.50. The Hall–Kier alpha value is -1.26. The summed E-state index contributed by atoms with van der Waals surface area (Å²) in [4.78, 5) is 25.7. The molecule has 0 saturated carbocycles. The molecule has 17 heavy (non-hydrogen) atoms. The zero-order valence-electron chi connectivity index (χ0n) is 9.46. The number of rotatable bonds is 5. The van der Waals surface area contributed by atoms with Crippen LogP contribution >= 0.6 is 11.8 Å². The smallest absolute Gasteiger partial charge is 0.317 e. The molecule has 0 aromatic rings. The lowest BCUT2D eigenvalue weighted by molar-refractivity contribution is -0.139. The summed E-state index contributed by atoms with van der Waals surface area (Å²) in [6.45, 7) is 2.37. The maximum Gasteiger partial charge on any atom is 0.317 e. The van der Waals surface area contributed by atoms with Crippen LogP contribution in [0.2, 0.25) is 0 Å². The summed E-state index contributed by atoms with van der Waals surface area (Å²) in [5.74, 6) is -0.161. The minimum absolute atomic E-state index is 0.0280. The minimum atomic E-state index is -0.839. The highest BCUT2D eigenvalue weighted by Crippen LogP contribution is 2.06. The molecule has 1 heterocycles. The van der Waals surface area contributed by atoms with Crippen LogP contribution in [0.5, 0.6) is 0 Å². The quantitative estimate of drug-likeness (QED) is 0.667. The Bertz CT molecular complexity index is 321. The van der Waals surface area contributed by atoms with Gasteiger partial charge in [0.25, 0.3) is 0 Å². The van der Waals surface area contributed by atoms with E-state index in [2.05, 4.69) is 0 Å². The lowest BCUT2D eigenvalue weighted by atomic mass is 10.3. The third-order valence-corrected chi connectivity index (χ3v) is 3.26. The van der Waals surface area contributed by atoms with Gasteiger partial charge in [-0.2, -0.15) is 5.26 Å². The predicted octanol–water partition coefficient (Wildman–Crippen LogP) is -0.528. The van der Waals surface area contributed by atoms with Crippen molar-refractivity contribution in [3.8, 4) is 6.07 Å². The second-order valence-corrected chi connectivity index (χ2v) is 4.69. The van der Waals surface area contributed by atoms with Crippen molar-refractivity contribution in [3.05, 3.63) is 0 Å². The fraction of sp³-hybridized carbons (Fsp3) is 0.700. The number of hydrogen-bond donors (Lipinski definition) is 1. The van der Waals surface area contributed by atoms with Crippen molar-refractivity contribution in [2.45, 2.75) is 0 Å². The summed E-state index contributed by atoms with van der Waals surface area (Å²) >= 11 is 1.31. The van der Waals surface area contributed by atoms with E-state index >= 15 is 0 Å². The number of nitriles is 1. The molecule has 7 heteroatoms. The first-order chi connectivity index (χ1) is 8.13. The van der Waals surface area contributed by atoms with Crippen LogP contribution in [0.25, 0.3) is 0 Å². The van der Waals surface area contributed by atoms with Crippen molar-refractivity contribution in [1.82, 2.24) is 9.80 Å². The molecule has 0 bridgehead atoms. The first-order valence-electron chi connectivity index (χ1n) is 5.30. The summed E-state index contributed by atoms with van der Waals surface area (Å²) < 4.78 is 0. The molecular formula is C10H15N3O3S. The van der Waals surface area contributed by atoms with Gasteiger partial charge in [0.05, 0.1) is 24.1 Å². The van der Waals surface area contributed by atoms with E-state index in [4.69, 9.17) is 10.4 Å². The fourth-order valence-corrected chi connectivity index (χ4v) is 2.17. The Morgan fingerprint density at radius 3 is 2.47 bits per heavy atom. The zero-order valence-corrected chi connectivity index (χ0v) is 10.3. The van der Waals surface area contributed by atoms with Gasteiger partial charge in [-0.3, -0.25) is 14.5 Å². The summed E-state index contributed by atoms with van der Waals surface area (Å²) in [5, 5.41) is 17.0. The number of carboxylic acids is 1. The zero-order chi connectivity index (χ0) is 12.7. The van der Waals surface area contributed by atoms with E-state index in [1.807, 2.05) is 11.0 Å². The van der Waals surface area contributed by atoms with Crippen molar-refractivity contribution in [2.24, 2.45) is 0 Å². The van der Waals surface area contributed by atoms with Gasteiger partial charge in [0.1, 0.15) is 0 Å². The van der Waals surface area contributed by atoms with Gasteiger partial charge in [-0.15, -0.1) is 11.8 Å². The Morgan fingerprint density at radius 1 is 1.29 bits per heavy atom. The third-order valence-electron chi connectivity index (χ3n) is 2.48. The molecule has 1 N–H and O–H groups in total. The molecule has 1 saturated heterocycles. The van der Waals surface area contributed by atoms with Crippen LogP contribution in [0.3, 0.4) is 0 Å². The highest BCUT2D eigenvalue weighted by molar-refractivity contribution is 8.00. The minimum Gasteiger partial charge on any atom is -0.480 e. The number of aliphatic carboxylic acids is 1. The number of carbonyl (C=O) groups excluding carboxylic acids is 1. The van der Waals surface area contributed by atoms with Gasteiger partial charge in [-0.05, 0) is 0 Å². The van der Waals surface area contributed by atoms with Crippen LogP contribution in [-0.4, -0.2) is 71.0 Å². The Labute approximate surface area is 104 Å². The van der Waals surface area contributed by atoms with Gasteiger partial charge in [0, 0.05) is 26.2 Å². The molecule has 1 rings (SSSR count). The second-order valence-electron chi connectivity index (χ2n) is 3.70. The highest BCUT2D eigenvalue weighted by atomic mass is 32.2. The Balaban J connectivity index is 2.24. The molecule has 1 aliphatic rings. The van der Waals surface area contributed by atoms with Gasteiger partial charge in [0.2, 0.25) is 5.91 Å². The largest absolute Gasteiger partial charge is 0.480 e. The fourth-order valence-electron chi connectivity index (χ4n) is 1.62. The standard InChI is InChI=1S/C10H15N3O3S/c11-1-6-17-8-9(14)13-4-2-12(3-5-13)7-10(15)16/h2-8H2,(H,15,16). The average molecular weight is 257 g/mol. The first kappa shape index (κ1) is 13.8. The molecule has 6 nitrogen and oxygen atoms in total. The van der Waals surface area contributed by atoms with E-state index < -0.39 is 5.97 Å². The Kier molecular flexibility index (Phi) is 5.80. The Morgan fingerprint density at radius 2 is 1.94 bits per heavy atom. The van der Waals surface area contributed by atoms with Crippen molar-refractivity contribution in [1.29, 1.82) is 5.26 Å². The van der Waals surface area contributed by atoms with Crippen LogP contribution in [0.1, 0.15) is 0 Å². The van der Waals surface area contributed by atoms with Crippen LogP contribution in [0, 0.1) is 11.3 Å². The van der Waals surface area contributed by atoms with Gasteiger partial charge >= 0.3 is 5.97 Å². The molecule has 94 valence electrons. The number of thioether (sulfide) groups is 1. The first-order valence-corrected chi connectivity index (χ1v) is 6.45. The second kappa shape index (κ2) is 7.14. The molecule has 0 aromatic carbocycles. The SMILES string of the molecule is N#CCSCC(=O)N1CCN(CC(=O)O)CC1. The predicted molar refractivity (Wildman–Crippen MR) is 63.6 cm³/mol. The number of piperazine rings is 1. The maximum atomic E-state index is 11.7. The van der Waals surface area contributed by atoms with Crippen molar-refractivity contribution in [2.75, 3.05) is 44.2 Å². The van der Waals surface area contributed by atoms with E-state index in [1.165, 1.54) is 11.8 Å². The summed E-state index contributed by atoms with van der Waals surface area (Å²) in [7, 11) is 0. The number of amides is 1. The molecule has 0 aromatic heterocycles. The molecule has 0 aliphatic carbocycles. The third kappa shape index (κ3) is 5.06. The molecule has 0 spiro atoms. The van der Waals surface area contributed by atoms with Crippen LogP contribution in [0.4, 0.5) is 0 Å². The summed E-state index contributed by atoms with van der Waals surface area (Å²) in [6, 6.07) is 1.97. The average Bonchev–Trinajstić information content (AvgIpc) is 2.29. The van der Waals surface area contributed by atoms with Crippen molar-refractivity contribution < 1.29 is 14.7 Å². The van der Waals surface area contributed by atoms with E-state index in [1.54, 1.807) is 4.90 Å². The molecule has 0 radical (unpaired) electrons. The summed E-state index contributed by atoms with van der Waals surface area (Å²) in [5.41, 5.74) is 0. The van der Waals surface area contributed by atoms with Crippen molar-refractivity contribution >= 4 is 23.6 Å². The topological polar surface area (TPSA) is 84.6 Å². The van der Waals surface area contributed by atoms with Crippen LogP contribution in [0.15, 0.2) is 0 Å². The van der Waals surface area contributed by atoms with Gasteiger partial charge in [-0.25, -0.2) is 0 Å². The lowest BCUT2D eigenvalue weighted by Gasteiger charge is -2.33. The molecule has 0 atom stereocenters. The number of hydrogen-bond acceptors (Lipinski definition) is 5. The summed E-state index contributed by atoms with van der Waals surface area (Å²) in [6.07, 6.45) is 0. The monoisotopic (exact) mass is 257 g/mol. The number of carbonyl (C=O) groups is 2. The molecular weight excluding hydrogens is 242 g/mol. The van der Waals surface area contributed by atoms with E-state index in [0.29, 0.717) is 37.7 Å². The van der Waals surface area contributed by atoms with E-state index in [9.17, 15) is 9.59 Å². The van der Waals surface area contributed by atoms with Gasteiger partial charge in [0.15, 0.2) is 0 Å². The van der Waals surface area contributed by atoms with Gasteiger partial charge in [-0.1, -0.05) is 0 Å². The van der Waals surface area contributed by atoms with E-state index in [-0.39, 0.29) is 12.5 Å². The van der Waals surface area contributed by atoms with E-state index in [0.717, 1.165) is 0 Å². The highest BCUT2D eigenvalue weighted by Gasteiger charge is 2.21. The molecule has 1 amide bonds. The normalized spacial score (nSPS) is 16.5. The number of carboxylic acid groups (broad SMARTS) is 1. The van der Waals surface area contributed by atoms with Crippen LogP contribution < -0.4 is 0 Å². The molecule has 1 fully saturated rings. The van der Waals surface area contributed by atoms with Crippen molar-refractivity contribution in [3.63, 3.8) is 0 Å². The number of nitrogens with zero attached hydrogens (tertiary/aromatic N) is 3. The molecule has 1 aliphatic heterocycles. The maximum absolute atomic E-state index is 11.7.